The number of nitrogens with one attached hydrogen (secondary N) is 1. The van der Waals surface area contributed by atoms with Crippen molar-refractivity contribution >= 4 is 11.9 Å². The summed E-state index contributed by atoms with van der Waals surface area (Å²) in [6, 6.07) is 8.82. The first kappa shape index (κ1) is 21.2. The number of carbonyl (C=O) groups excluding carboxylic acids is 2. The molecule has 1 N–H and O–H groups in total. The van der Waals surface area contributed by atoms with Crippen molar-refractivity contribution in [2.75, 3.05) is 28.4 Å². The summed E-state index contributed by atoms with van der Waals surface area (Å²) in [6.45, 7) is 1.67. The van der Waals surface area contributed by atoms with Crippen LogP contribution in [0.4, 0.5) is 0 Å². The standard InChI is InChI=1S/C20H22N2O6/c1-11-14(18(23)25-2)15(13-9-7-6-8-12(13)10-21)16(19(24)26-3)17(22-11)20(27-4)28-5/h6-9,15,20,22H,1-5H3. The summed E-state index contributed by atoms with van der Waals surface area (Å²) < 4.78 is 20.6. The van der Waals surface area contributed by atoms with Crippen molar-refractivity contribution in [3.05, 3.63) is 57.9 Å². The molecule has 28 heavy (non-hydrogen) atoms. The number of nitriles is 1. The fourth-order valence-corrected chi connectivity index (χ4v) is 3.25. The average molecular weight is 386 g/mol. The van der Waals surface area contributed by atoms with E-state index in [1.165, 1.54) is 28.4 Å². The van der Waals surface area contributed by atoms with Crippen molar-refractivity contribution in [3.8, 4) is 6.07 Å². The molecule has 8 nitrogen and oxygen atoms in total. The zero-order chi connectivity index (χ0) is 20.8. The number of ether oxygens (including phenoxy) is 4. The molecule has 0 spiro atoms. The maximum atomic E-state index is 12.8. The van der Waals surface area contributed by atoms with Crippen LogP contribution in [0.15, 0.2) is 46.8 Å². The van der Waals surface area contributed by atoms with Gasteiger partial charge in [0.1, 0.15) is 0 Å². The molecule has 8 heteroatoms. The first-order chi connectivity index (χ1) is 13.4. The summed E-state index contributed by atoms with van der Waals surface area (Å²) in [4.78, 5) is 25.4. The smallest absolute Gasteiger partial charge is 0.336 e. The Bertz CT molecular complexity index is 877. The minimum Gasteiger partial charge on any atom is -0.466 e. The van der Waals surface area contributed by atoms with Gasteiger partial charge in [-0.05, 0) is 18.6 Å². The highest BCUT2D eigenvalue weighted by Crippen LogP contribution is 2.41. The van der Waals surface area contributed by atoms with E-state index in [1.54, 1.807) is 31.2 Å². The maximum absolute atomic E-state index is 12.8. The number of allylic oxidation sites excluding steroid dienone is 1. The Morgan fingerprint density at radius 1 is 1.04 bits per heavy atom. The molecule has 0 amide bonds. The number of hydrogen-bond acceptors (Lipinski definition) is 8. The zero-order valence-corrected chi connectivity index (χ0v) is 16.4. The van der Waals surface area contributed by atoms with Gasteiger partial charge in [0.2, 0.25) is 0 Å². The van der Waals surface area contributed by atoms with Crippen LogP contribution in [-0.2, 0) is 28.5 Å². The van der Waals surface area contributed by atoms with Gasteiger partial charge < -0.3 is 24.3 Å². The summed E-state index contributed by atoms with van der Waals surface area (Å²) in [5.74, 6) is -2.22. The number of esters is 2. The van der Waals surface area contributed by atoms with Crippen LogP contribution in [0.1, 0.15) is 24.0 Å². The Labute approximate surface area is 163 Å². The minimum absolute atomic E-state index is 0.102. The molecular formula is C20H22N2O6. The molecule has 1 aromatic carbocycles. The number of dihydropyridines is 1. The summed E-state index contributed by atoms with van der Waals surface area (Å²) >= 11 is 0. The fourth-order valence-electron chi connectivity index (χ4n) is 3.25. The molecular weight excluding hydrogens is 364 g/mol. The fraction of sp³-hybridized carbons (Fsp3) is 0.350. The number of hydrogen-bond donors (Lipinski definition) is 1. The molecule has 1 atom stereocenters. The van der Waals surface area contributed by atoms with E-state index in [4.69, 9.17) is 18.9 Å². The highest BCUT2D eigenvalue weighted by molar-refractivity contribution is 6.00. The van der Waals surface area contributed by atoms with Gasteiger partial charge in [0.05, 0.1) is 48.6 Å². The van der Waals surface area contributed by atoms with E-state index >= 15 is 0 Å². The van der Waals surface area contributed by atoms with Gasteiger partial charge in [-0.15, -0.1) is 0 Å². The molecule has 1 heterocycles. The molecule has 0 aromatic heterocycles. The zero-order valence-electron chi connectivity index (χ0n) is 16.4. The lowest BCUT2D eigenvalue weighted by Crippen LogP contribution is -2.38. The molecule has 0 bridgehead atoms. The lowest BCUT2D eigenvalue weighted by atomic mass is 9.78. The van der Waals surface area contributed by atoms with Gasteiger partial charge in [-0.1, -0.05) is 18.2 Å². The van der Waals surface area contributed by atoms with Gasteiger partial charge in [0, 0.05) is 19.9 Å². The SMILES string of the molecule is COC(=O)C1=C(C)NC(C(OC)OC)=C(C(=O)OC)C1c1ccccc1C#N. The van der Waals surface area contributed by atoms with Crippen molar-refractivity contribution in [1.29, 1.82) is 5.26 Å². The number of nitrogens with zero attached hydrogens (tertiary/aromatic N) is 1. The molecule has 0 fully saturated rings. The predicted molar refractivity (Wildman–Crippen MR) is 98.6 cm³/mol. The topological polar surface area (TPSA) is 107 Å². The summed E-state index contributed by atoms with van der Waals surface area (Å²) in [7, 11) is 5.33. The van der Waals surface area contributed by atoms with Gasteiger partial charge >= 0.3 is 11.9 Å². The molecule has 2 rings (SSSR count). The second-order valence-corrected chi connectivity index (χ2v) is 5.91. The third kappa shape index (κ3) is 3.76. The van der Waals surface area contributed by atoms with Gasteiger partial charge in [-0.25, -0.2) is 9.59 Å². The molecule has 1 aliphatic rings. The molecule has 0 aliphatic carbocycles. The van der Waals surface area contributed by atoms with Crippen LogP contribution in [-0.4, -0.2) is 46.7 Å². The Morgan fingerprint density at radius 3 is 2.14 bits per heavy atom. The highest BCUT2D eigenvalue weighted by atomic mass is 16.7. The Balaban J connectivity index is 2.88. The third-order valence-electron chi connectivity index (χ3n) is 4.46. The maximum Gasteiger partial charge on any atom is 0.336 e. The predicted octanol–water partition coefficient (Wildman–Crippen LogP) is 1.74. The summed E-state index contributed by atoms with van der Waals surface area (Å²) in [5.41, 5.74) is 1.82. The molecule has 0 saturated heterocycles. The largest absolute Gasteiger partial charge is 0.466 e. The third-order valence-corrected chi connectivity index (χ3v) is 4.46. The van der Waals surface area contributed by atoms with Crippen molar-refractivity contribution in [2.45, 2.75) is 19.1 Å². The van der Waals surface area contributed by atoms with Crippen molar-refractivity contribution in [2.24, 2.45) is 0 Å². The van der Waals surface area contributed by atoms with Crippen LogP contribution >= 0.6 is 0 Å². The van der Waals surface area contributed by atoms with Crippen molar-refractivity contribution in [1.82, 2.24) is 5.32 Å². The van der Waals surface area contributed by atoms with Gasteiger partial charge in [0.15, 0.2) is 6.29 Å². The van der Waals surface area contributed by atoms with E-state index in [-0.39, 0.29) is 11.1 Å². The molecule has 148 valence electrons. The average Bonchev–Trinajstić information content (AvgIpc) is 2.73. The van der Waals surface area contributed by atoms with Crippen LogP contribution in [0.5, 0.6) is 0 Å². The molecule has 0 radical (unpaired) electrons. The Morgan fingerprint density at radius 2 is 1.61 bits per heavy atom. The van der Waals surface area contributed by atoms with E-state index in [1.807, 2.05) is 0 Å². The van der Waals surface area contributed by atoms with Gasteiger partial charge in [-0.3, -0.25) is 0 Å². The van der Waals surface area contributed by atoms with Crippen LogP contribution in [0.3, 0.4) is 0 Å². The van der Waals surface area contributed by atoms with Crippen LogP contribution < -0.4 is 5.32 Å². The van der Waals surface area contributed by atoms with Crippen molar-refractivity contribution in [3.63, 3.8) is 0 Å². The van der Waals surface area contributed by atoms with E-state index in [2.05, 4.69) is 11.4 Å². The summed E-state index contributed by atoms with van der Waals surface area (Å²) in [5, 5.41) is 12.6. The second kappa shape index (κ2) is 9.17. The lowest BCUT2D eigenvalue weighted by Gasteiger charge is -2.33. The second-order valence-electron chi connectivity index (χ2n) is 5.91. The monoisotopic (exact) mass is 386 g/mol. The molecule has 0 saturated carbocycles. The normalized spacial score (nSPS) is 16.5. The van der Waals surface area contributed by atoms with E-state index in [0.717, 1.165) is 0 Å². The minimum atomic E-state index is -0.917. The van der Waals surface area contributed by atoms with Crippen LogP contribution in [0.2, 0.25) is 0 Å². The Hall–Kier alpha value is -3.15. The lowest BCUT2D eigenvalue weighted by molar-refractivity contribution is -0.137. The Kier molecular flexibility index (Phi) is 6.93. The van der Waals surface area contributed by atoms with E-state index < -0.39 is 24.1 Å². The van der Waals surface area contributed by atoms with Crippen molar-refractivity contribution < 1.29 is 28.5 Å². The van der Waals surface area contributed by atoms with E-state index in [0.29, 0.717) is 22.5 Å². The molecule has 1 aliphatic heterocycles. The molecule has 1 unspecified atom stereocenters. The number of methoxy groups -OCH3 is 4. The van der Waals surface area contributed by atoms with E-state index in [9.17, 15) is 14.9 Å². The van der Waals surface area contributed by atoms with Crippen LogP contribution in [0.25, 0.3) is 0 Å². The quantitative estimate of drug-likeness (QED) is 0.582. The number of benzene rings is 1. The molecule has 1 aromatic rings. The first-order valence-electron chi connectivity index (χ1n) is 8.38. The first-order valence-corrected chi connectivity index (χ1v) is 8.38. The van der Waals surface area contributed by atoms with Gasteiger partial charge in [0.25, 0.3) is 0 Å². The summed E-state index contributed by atoms with van der Waals surface area (Å²) in [6.07, 6.45) is -0.917. The highest BCUT2D eigenvalue weighted by Gasteiger charge is 2.41. The van der Waals surface area contributed by atoms with Gasteiger partial charge in [-0.2, -0.15) is 5.26 Å². The number of rotatable bonds is 6. The number of carbonyl (C=O) groups is 2. The van der Waals surface area contributed by atoms with Crippen LogP contribution in [0, 0.1) is 11.3 Å².